The molecule has 0 spiro atoms. The molecule has 1 aromatic heterocycles. The highest BCUT2D eigenvalue weighted by atomic mass is 19.1. The number of aryl methyl sites for hydroxylation is 1. The summed E-state index contributed by atoms with van der Waals surface area (Å²) >= 11 is 0. The first-order valence-electron chi connectivity index (χ1n) is 9.85. The average Bonchev–Trinajstić information content (AvgIpc) is 3.09. The molecule has 2 N–H and O–H groups in total. The molecule has 4 rings (SSSR count). The number of aliphatic hydroxyl groups is 1. The fourth-order valence-corrected chi connectivity index (χ4v) is 3.70. The first-order valence-corrected chi connectivity index (χ1v) is 9.85. The van der Waals surface area contributed by atoms with Crippen LogP contribution in [-0.4, -0.2) is 46.2 Å². The summed E-state index contributed by atoms with van der Waals surface area (Å²) < 4.78 is 26.5. The molecular formula is C22H24FN3O4. The SMILES string of the molecule is Cn1nc2ccc(OCc3ccccc3F)cc2c1C(=O)NC1(CO)CCOCC1. The fourth-order valence-electron chi connectivity index (χ4n) is 3.70. The van der Waals surface area contributed by atoms with E-state index in [9.17, 15) is 14.3 Å². The Morgan fingerprint density at radius 1 is 1.30 bits per heavy atom. The van der Waals surface area contributed by atoms with Gasteiger partial charge in [0.25, 0.3) is 5.91 Å². The smallest absolute Gasteiger partial charge is 0.270 e. The van der Waals surface area contributed by atoms with Gasteiger partial charge in [-0.25, -0.2) is 4.39 Å². The Morgan fingerprint density at radius 3 is 2.80 bits per heavy atom. The van der Waals surface area contributed by atoms with Gasteiger partial charge in [0.2, 0.25) is 0 Å². The number of carbonyl (C=O) groups excluding carboxylic acids is 1. The average molecular weight is 413 g/mol. The molecular weight excluding hydrogens is 389 g/mol. The highest BCUT2D eigenvalue weighted by Gasteiger charge is 2.35. The Bertz CT molecular complexity index is 1060. The monoisotopic (exact) mass is 413 g/mol. The summed E-state index contributed by atoms with van der Waals surface area (Å²) in [5.74, 6) is -0.135. The zero-order valence-electron chi connectivity index (χ0n) is 16.7. The maximum absolute atomic E-state index is 13.8. The van der Waals surface area contributed by atoms with E-state index in [2.05, 4.69) is 10.4 Å². The number of benzene rings is 2. The Morgan fingerprint density at radius 2 is 2.07 bits per heavy atom. The second-order valence-electron chi connectivity index (χ2n) is 7.54. The van der Waals surface area contributed by atoms with E-state index in [1.165, 1.54) is 10.7 Å². The lowest BCUT2D eigenvalue weighted by molar-refractivity contribution is 0.0124. The van der Waals surface area contributed by atoms with E-state index >= 15 is 0 Å². The molecule has 1 saturated heterocycles. The van der Waals surface area contributed by atoms with Crippen LogP contribution < -0.4 is 10.1 Å². The zero-order valence-corrected chi connectivity index (χ0v) is 16.7. The number of aromatic nitrogens is 2. The van der Waals surface area contributed by atoms with E-state index in [1.54, 1.807) is 43.4 Å². The molecule has 2 aromatic carbocycles. The topological polar surface area (TPSA) is 85.6 Å². The fraction of sp³-hybridized carbons (Fsp3) is 0.364. The van der Waals surface area contributed by atoms with E-state index in [0.717, 1.165) is 0 Å². The van der Waals surface area contributed by atoms with Gasteiger partial charge in [-0.05, 0) is 37.1 Å². The van der Waals surface area contributed by atoms with E-state index in [-0.39, 0.29) is 24.9 Å². The number of aliphatic hydroxyl groups excluding tert-OH is 1. The van der Waals surface area contributed by atoms with Gasteiger partial charge in [-0.15, -0.1) is 0 Å². The van der Waals surface area contributed by atoms with Gasteiger partial charge in [0.1, 0.15) is 23.9 Å². The van der Waals surface area contributed by atoms with Gasteiger partial charge in [0.05, 0.1) is 17.7 Å². The van der Waals surface area contributed by atoms with Crippen LogP contribution in [0.15, 0.2) is 42.5 Å². The predicted molar refractivity (Wildman–Crippen MR) is 109 cm³/mol. The van der Waals surface area contributed by atoms with Crippen molar-refractivity contribution < 1.29 is 23.8 Å². The molecule has 1 aliphatic heterocycles. The van der Waals surface area contributed by atoms with Gasteiger partial charge in [-0.1, -0.05) is 18.2 Å². The summed E-state index contributed by atoms with van der Waals surface area (Å²) in [5, 5.41) is 17.9. The molecule has 1 aliphatic rings. The van der Waals surface area contributed by atoms with Crippen LogP contribution in [0.1, 0.15) is 28.9 Å². The van der Waals surface area contributed by atoms with Crippen molar-refractivity contribution in [1.29, 1.82) is 0 Å². The Hall–Kier alpha value is -2.97. The van der Waals surface area contributed by atoms with Crippen molar-refractivity contribution in [2.24, 2.45) is 7.05 Å². The highest BCUT2D eigenvalue weighted by Crippen LogP contribution is 2.26. The lowest BCUT2D eigenvalue weighted by Gasteiger charge is -2.36. The minimum atomic E-state index is -0.703. The van der Waals surface area contributed by atoms with Gasteiger partial charge >= 0.3 is 0 Å². The quantitative estimate of drug-likeness (QED) is 0.649. The number of hydrogen-bond donors (Lipinski definition) is 2. The van der Waals surface area contributed by atoms with Gasteiger partial charge in [-0.3, -0.25) is 9.48 Å². The largest absolute Gasteiger partial charge is 0.489 e. The number of nitrogens with one attached hydrogen (secondary N) is 1. The molecule has 0 bridgehead atoms. The lowest BCUT2D eigenvalue weighted by atomic mass is 9.90. The van der Waals surface area contributed by atoms with E-state index < -0.39 is 5.54 Å². The number of nitrogens with zero attached hydrogens (tertiary/aromatic N) is 2. The lowest BCUT2D eigenvalue weighted by Crippen LogP contribution is -2.54. The highest BCUT2D eigenvalue weighted by molar-refractivity contribution is 6.05. The van der Waals surface area contributed by atoms with E-state index in [1.807, 2.05) is 0 Å². The second kappa shape index (κ2) is 8.41. The summed E-state index contributed by atoms with van der Waals surface area (Å²) in [6.07, 6.45) is 1.09. The van der Waals surface area contributed by atoms with Crippen LogP contribution in [0, 0.1) is 5.82 Å². The number of ether oxygens (including phenoxy) is 2. The summed E-state index contributed by atoms with van der Waals surface area (Å²) in [4.78, 5) is 13.1. The summed E-state index contributed by atoms with van der Waals surface area (Å²) in [6, 6.07) is 11.7. The Balaban J connectivity index is 1.58. The number of fused-ring (bicyclic) bond motifs is 1. The second-order valence-corrected chi connectivity index (χ2v) is 7.54. The molecule has 2 heterocycles. The molecule has 0 saturated carbocycles. The van der Waals surface area contributed by atoms with Crippen molar-refractivity contribution in [2.45, 2.75) is 25.0 Å². The predicted octanol–water partition coefficient (Wildman–Crippen LogP) is 2.56. The Labute approximate surface area is 173 Å². The van der Waals surface area contributed by atoms with E-state index in [0.29, 0.717) is 54.0 Å². The van der Waals surface area contributed by atoms with Crippen LogP contribution >= 0.6 is 0 Å². The third kappa shape index (κ3) is 4.01. The molecule has 1 fully saturated rings. The van der Waals surface area contributed by atoms with Crippen molar-refractivity contribution in [2.75, 3.05) is 19.8 Å². The van der Waals surface area contributed by atoms with Crippen molar-refractivity contribution in [3.63, 3.8) is 0 Å². The zero-order chi connectivity index (χ0) is 21.1. The standard InChI is InChI=1S/C22H24FN3O4/c1-26-20(21(28)24-22(14-27)8-10-29-11-9-22)17-12-16(6-7-19(17)25-26)30-13-15-4-2-3-5-18(15)23/h2-7,12,27H,8-11,13-14H2,1H3,(H,24,28). The van der Waals surface area contributed by atoms with Crippen LogP contribution in [0.25, 0.3) is 10.9 Å². The number of amides is 1. The molecule has 158 valence electrons. The van der Waals surface area contributed by atoms with Crippen LogP contribution in [0.3, 0.4) is 0 Å². The summed E-state index contributed by atoms with van der Waals surface area (Å²) in [7, 11) is 1.70. The summed E-state index contributed by atoms with van der Waals surface area (Å²) in [5.41, 5.74) is 0.767. The van der Waals surface area contributed by atoms with Crippen molar-refractivity contribution in [3.05, 3.63) is 59.5 Å². The van der Waals surface area contributed by atoms with Gasteiger partial charge < -0.3 is 19.9 Å². The normalized spacial score (nSPS) is 15.8. The Kier molecular flexibility index (Phi) is 5.69. The maximum atomic E-state index is 13.8. The van der Waals surface area contributed by atoms with Crippen LogP contribution in [0.2, 0.25) is 0 Å². The molecule has 1 amide bonds. The van der Waals surface area contributed by atoms with Crippen LogP contribution in [0.4, 0.5) is 4.39 Å². The number of rotatable bonds is 6. The molecule has 30 heavy (non-hydrogen) atoms. The van der Waals surface area contributed by atoms with E-state index in [4.69, 9.17) is 9.47 Å². The molecule has 0 radical (unpaired) electrons. The summed E-state index contributed by atoms with van der Waals surface area (Å²) in [6.45, 7) is 0.893. The third-order valence-electron chi connectivity index (χ3n) is 5.50. The van der Waals surface area contributed by atoms with Crippen LogP contribution in [-0.2, 0) is 18.4 Å². The number of carbonyl (C=O) groups is 1. The van der Waals surface area contributed by atoms with Gasteiger partial charge in [0.15, 0.2) is 0 Å². The van der Waals surface area contributed by atoms with Gasteiger partial charge in [-0.2, -0.15) is 5.10 Å². The molecule has 7 nitrogen and oxygen atoms in total. The third-order valence-corrected chi connectivity index (χ3v) is 5.50. The minimum Gasteiger partial charge on any atom is -0.489 e. The maximum Gasteiger partial charge on any atom is 0.270 e. The molecule has 0 aliphatic carbocycles. The molecule has 3 aromatic rings. The first-order chi connectivity index (χ1) is 14.5. The van der Waals surface area contributed by atoms with Crippen molar-refractivity contribution in [3.8, 4) is 5.75 Å². The van der Waals surface area contributed by atoms with Crippen molar-refractivity contribution >= 4 is 16.8 Å². The molecule has 8 heteroatoms. The molecule has 0 atom stereocenters. The molecule has 0 unspecified atom stereocenters. The van der Waals surface area contributed by atoms with Crippen LogP contribution in [0.5, 0.6) is 5.75 Å². The first kappa shape index (κ1) is 20.3. The van der Waals surface area contributed by atoms with Crippen molar-refractivity contribution in [1.82, 2.24) is 15.1 Å². The minimum absolute atomic E-state index is 0.0770. The van der Waals surface area contributed by atoms with Gasteiger partial charge in [0, 0.05) is 31.2 Å². The number of hydrogen-bond acceptors (Lipinski definition) is 5. The number of halogens is 1.